The summed E-state index contributed by atoms with van der Waals surface area (Å²) >= 11 is 5.85. The van der Waals surface area contributed by atoms with E-state index in [1.54, 1.807) is 29.2 Å². The van der Waals surface area contributed by atoms with Gasteiger partial charge in [0.15, 0.2) is 0 Å². The van der Waals surface area contributed by atoms with Crippen molar-refractivity contribution in [3.8, 4) is 5.75 Å². The van der Waals surface area contributed by atoms with Crippen LogP contribution in [-0.2, 0) is 10.0 Å². The zero-order valence-corrected chi connectivity index (χ0v) is 16.8. The Morgan fingerprint density at radius 1 is 1.21 bits per heavy atom. The van der Waals surface area contributed by atoms with E-state index in [9.17, 15) is 22.0 Å². The number of benzene rings is 2. The van der Waals surface area contributed by atoms with Gasteiger partial charge in [-0.1, -0.05) is 29.8 Å². The second-order valence-electron chi connectivity index (χ2n) is 6.55. The molecular formula is C19H19ClF2N2O4S. The molecule has 2 aromatic rings. The zero-order chi connectivity index (χ0) is 21.0. The molecule has 10 heteroatoms. The second-order valence-corrected chi connectivity index (χ2v) is 8.67. The number of nitrogens with zero attached hydrogens (tertiary/aromatic N) is 1. The van der Waals surface area contributed by atoms with E-state index in [0.717, 1.165) is 18.2 Å². The summed E-state index contributed by atoms with van der Waals surface area (Å²) in [5.41, 5.74) is 0.539. The number of amides is 1. The number of hydrogen-bond acceptors (Lipinski definition) is 4. The van der Waals surface area contributed by atoms with Crippen molar-refractivity contribution in [3.05, 3.63) is 59.1 Å². The molecule has 1 saturated heterocycles. The maximum Gasteiger partial charge on any atom is 0.387 e. The number of carbonyl (C=O) groups excluding carboxylic acids is 1. The summed E-state index contributed by atoms with van der Waals surface area (Å²) < 4.78 is 56.8. The van der Waals surface area contributed by atoms with E-state index in [4.69, 9.17) is 11.6 Å². The molecular weight excluding hydrogens is 426 g/mol. The number of halogens is 3. The van der Waals surface area contributed by atoms with Crippen LogP contribution >= 0.6 is 11.6 Å². The largest absolute Gasteiger partial charge is 0.433 e. The van der Waals surface area contributed by atoms with Crippen LogP contribution in [0.5, 0.6) is 5.75 Å². The van der Waals surface area contributed by atoms with E-state index in [1.165, 1.54) is 0 Å². The molecule has 1 N–H and O–H groups in total. The predicted molar refractivity (Wildman–Crippen MR) is 104 cm³/mol. The van der Waals surface area contributed by atoms with Crippen LogP contribution in [0.3, 0.4) is 0 Å². The van der Waals surface area contributed by atoms with Gasteiger partial charge in [-0.2, -0.15) is 8.78 Å². The first-order chi connectivity index (χ1) is 13.8. The SMILES string of the molecule is O=C(c1ccccc1)N1CCCC(NS(=O)(=O)c2ccc(OC(F)F)c(Cl)c2)C1. The van der Waals surface area contributed by atoms with Crippen LogP contribution in [0, 0.1) is 0 Å². The van der Waals surface area contributed by atoms with Crippen molar-refractivity contribution >= 4 is 27.5 Å². The molecule has 3 rings (SSSR count). The number of carbonyl (C=O) groups is 1. The van der Waals surface area contributed by atoms with Crippen molar-refractivity contribution in [2.75, 3.05) is 13.1 Å². The molecule has 1 atom stereocenters. The summed E-state index contributed by atoms with van der Waals surface area (Å²) in [5.74, 6) is -0.469. The number of ether oxygens (including phenoxy) is 1. The number of piperidine rings is 1. The number of rotatable bonds is 6. The first kappa shape index (κ1) is 21.5. The van der Waals surface area contributed by atoms with Gasteiger partial charge in [0.1, 0.15) is 5.75 Å². The van der Waals surface area contributed by atoms with E-state index in [0.29, 0.717) is 24.9 Å². The molecule has 1 amide bonds. The fourth-order valence-electron chi connectivity index (χ4n) is 3.15. The summed E-state index contributed by atoms with van der Waals surface area (Å²) in [6.07, 6.45) is 1.21. The van der Waals surface area contributed by atoms with Crippen molar-refractivity contribution < 1.29 is 26.7 Å². The van der Waals surface area contributed by atoms with Gasteiger partial charge in [0.25, 0.3) is 5.91 Å². The Bertz CT molecular complexity index is 973. The molecule has 1 fully saturated rings. The van der Waals surface area contributed by atoms with Gasteiger partial charge in [-0.15, -0.1) is 0 Å². The Hall–Kier alpha value is -2.23. The molecule has 0 saturated carbocycles. The molecule has 1 aliphatic rings. The second kappa shape index (κ2) is 9.06. The summed E-state index contributed by atoms with van der Waals surface area (Å²) in [4.78, 5) is 14.0. The van der Waals surface area contributed by atoms with Crippen molar-refractivity contribution in [3.63, 3.8) is 0 Å². The van der Waals surface area contributed by atoms with E-state index < -0.39 is 22.7 Å². The Balaban J connectivity index is 1.70. The Kier molecular flexibility index (Phi) is 6.71. The summed E-state index contributed by atoms with van der Waals surface area (Å²) in [6, 6.07) is 11.6. The standard InChI is InChI=1S/C19H19ClF2N2O4S/c20-16-11-15(8-9-17(16)28-19(21)22)29(26,27)23-14-7-4-10-24(12-14)18(25)13-5-2-1-3-6-13/h1-3,5-6,8-9,11,14,19,23H,4,7,10,12H2. The highest BCUT2D eigenvalue weighted by Crippen LogP contribution is 2.29. The van der Waals surface area contributed by atoms with Gasteiger partial charge in [-0.3, -0.25) is 4.79 Å². The van der Waals surface area contributed by atoms with Crippen LogP contribution in [0.2, 0.25) is 5.02 Å². The van der Waals surface area contributed by atoms with E-state index in [1.807, 2.05) is 6.07 Å². The lowest BCUT2D eigenvalue weighted by Gasteiger charge is -2.33. The molecule has 29 heavy (non-hydrogen) atoms. The Morgan fingerprint density at radius 3 is 2.59 bits per heavy atom. The molecule has 0 spiro atoms. The van der Waals surface area contributed by atoms with Crippen molar-refractivity contribution in [1.82, 2.24) is 9.62 Å². The number of alkyl halides is 2. The van der Waals surface area contributed by atoms with E-state index >= 15 is 0 Å². The molecule has 0 bridgehead atoms. The van der Waals surface area contributed by atoms with Crippen molar-refractivity contribution in [2.45, 2.75) is 30.4 Å². The summed E-state index contributed by atoms with van der Waals surface area (Å²) in [6.45, 7) is -2.30. The highest BCUT2D eigenvalue weighted by molar-refractivity contribution is 7.89. The van der Waals surface area contributed by atoms with Crippen LogP contribution in [0.1, 0.15) is 23.2 Å². The highest BCUT2D eigenvalue weighted by atomic mass is 35.5. The third-order valence-electron chi connectivity index (χ3n) is 4.48. The minimum Gasteiger partial charge on any atom is -0.433 e. The lowest BCUT2D eigenvalue weighted by molar-refractivity contribution is -0.0498. The maximum atomic E-state index is 12.7. The quantitative estimate of drug-likeness (QED) is 0.739. The number of sulfonamides is 1. The first-order valence-electron chi connectivity index (χ1n) is 8.87. The van der Waals surface area contributed by atoms with E-state index in [-0.39, 0.29) is 28.1 Å². The van der Waals surface area contributed by atoms with Gasteiger partial charge in [-0.25, -0.2) is 13.1 Å². The summed E-state index contributed by atoms with van der Waals surface area (Å²) in [7, 11) is -3.96. The molecule has 156 valence electrons. The monoisotopic (exact) mass is 444 g/mol. The third-order valence-corrected chi connectivity index (χ3v) is 6.29. The third kappa shape index (κ3) is 5.43. The average Bonchev–Trinajstić information content (AvgIpc) is 2.69. The zero-order valence-electron chi connectivity index (χ0n) is 15.2. The minimum absolute atomic E-state index is 0.161. The maximum absolute atomic E-state index is 12.7. The fourth-order valence-corrected chi connectivity index (χ4v) is 4.73. The minimum atomic E-state index is -3.96. The van der Waals surface area contributed by atoms with Crippen LogP contribution in [-0.4, -0.2) is 45.0 Å². The van der Waals surface area contributed by atoms with Gasteiger partial charge in [0, 0.05) is 24.7 Å². The topological polar surface area (TPSA) is 75.7 Å². The smallest absolute Gasteiger partial charge is 0.387 e. The van der Waals surface area contributed by atoms with Gasteiger partial charge in [-0.05, 0) is 43.2 Å². The predicted octanol–water partition coefficient (Wildman–Crippen LogP) is 3.52. The fraction of sp³-hybridized carbons (Fsp3) is 0.316. The highest BCUT2D eigenvalue weighted by Gasteiger charge is 2.28. The van der Waals surface area contributed by atoms with Gasteiger partial charge in [0.05, 0.1) is 9.92 Å². The van der Waals surface area contributed by atoms with Crippen molar-refractivity contribution in [1.29, 1.82) is 0 Å². The van der Waals surface area contributed by atoms with Crippen molar-refractivity contribution in [2.24, 2.45) is 0 Å². The molecule has 1 unspecified atom stereocenters. The van der Waals surface area contributed by atoms with Crippen LogP contribution in [0.25, 0.3) is 0 Å². The molecule has 2 aromatic carbocycles. The first-order valence-corrected chi connectivity index (χ1v) is 10.7. The Morgan fingerprint density at radius 2 is 1.93 bits per heavy atom. The van der Waals surface area contributed by atoms with Gasteiger partial charge >= 0.3 is 6.61 Å². The van der Waals surface area contributed by atoms with Gasteiger partial charge in [0.2, 0.25) is 10.0 Å². The number of nitrogens with one attached hydrogen (secondary N) is 1. The normalized spacial score (nSPS) is 17.4. The van der Waals surface area contributed by atoms with E-state index in [2.05, 4.69) is 9.46 Å². The average molecular weight is 445 g/mol. The Labute approximate surface area is 172 Å². The lowest BCUT2D eigenvalue weighted by Crippen LogP contribution is -2.49. The molecule has 0 aromatic heterocycles. The van der Waals surface area contributed by atoms with Crippen LogP contribution in [0.15, 0.2) is 53.4 Å². The molecule has 1 aliphatic heterocycles. The molecule has 6 nitrogen and oxygen atoms in total. The van der Waals surface area contributed by atoms with Crippen LogP contribution in [0.4, 0.5) is 8.78 Å². The van der Waals surface area contributed by atoms with Crippen LogP contribution < -0.4 is 9.46 Å². The lowest BCUT2D eigenvalue weighted by atomic mass is 10.1. The molecule has 0 aliphatic carbocycles. The number of likely N-dealkylation sites (tertiary alicyclic amines) is 1. The summed E-state index contributed by atoms with van der Waals surface area (Å²) in [5, 5.41) is -0.238. The number of hydrogen-bond donors (Lipinski definition) is 1. The molecule has 0 radical (unpaired) electrons. The van der Waals surface area contributed by atoms with Gasteiger partial charge < -0.3 is 9.64 Å². The molecule has 1 heterocycles.